The number of halogens is 2. The molecule has 0 fully saturated rings. The second-order valence-corrected chi connectivity index (χ2v) is 10.1. The lowest BCUT2D eigenvalue weighted by molar-refractivity contribution is -0.0551. The van der Waals surface area contributed by atoms with E-state index in [1.54, 1.807) is 24.0 Å². The molecule has 3 aromatic carbocycles. The van der Waals surface area contributed by atoms with Gasteiger partial charge in [-0.15, -0.1) is 0 Å². The highest BCUT2D eigenvalue weighted by molar-refractivity contribution is 6.00. The normalized spacial score (nSPS) is 13.3. The van der Waals surface area contributed by atoms with Gasteiger partial charge < -0.3 is 25.2 Å². The molecule has 0 aliphatic rings. The van der Waals surface area contributed by atoms with Crippen LogP contribution >= 0.6 is 0 Å². The van der Waals surface area contributed by atoms with E-state index in [9.17, 15) is 28.6 Å². The van der Waals surface area contributed by atoms with E-state index in [4.69, 9.17) is 4.74 Å². The molecule has 2 amide bonds. The van der Waals surface area contributed by atoms with Crippen LogP contribution in [-0.2, 0) is 11.3 Å². The molecule has 0 bridgehead atoms. The molecule has 41 heavy (non-hydrogen) atoms. The molecule has 0 aliphatic heterocycles. The zero-order chi connectivity index (χ0) is 29.9. The second kappa shape index (κ2) is 15.4. The lowest BCUT2D eigenvalue weighted by Crippen LogP contribution is -2.44. The number of benzene rings is 3. The van der Waals surface area contributed by atoms with Gasteiger partial charge in [-0.05, 0) is 66.8 Å². The van der Waals surface area contributed by atoms with Gasteiger partial charge in [0.25, 0.3) is 11.8 Å². The molecular formula is C32H38F2N2O5. The summed E-state index contributed by atoms with van der Waals surface area (Å²) < 4.78 is 33.8. The van der Waals surface area contributed by atoms with Crippen molar-refractivity contribution in [2.75, 3.05) is 19.7 Å². The molecule has 2 unspecified atom stereocenters. The van der Waals surface area contributed by atoms with Crippen molar-refractivity contribution in [1.82, 2.24) is 10.2 Å². The molecule has 3 rings (SSSR count). The average Bonchev–Trinajstić information content (AvgIpc) is 2.94. The Kier molecular flexibility index (Phi) is 11.9. The largest absolute Gasteiger partial charge is 0.388 e. The Hall–Kier alpha value is -3.66. The summed E-state index contributed by atoms with van der Waals surface area (Å²) in [6.45, 7) is 6.73. The van der Waals surface area contributed by atoms with Crippen molar-refractivity contribution in [3.8, 4) is 0 Å². The van der Waals surface area contributed by atoms with Crippen LogP contribution in [0.2, 0.25) is 0 Å². The predicted molar refractivity (Wildman–Crippen MR) is 152 cm³/mol. The highest BCUT2D eigenvalue weighted by atomic mass is 19.1. The number of carbonyl (C=O) groups is 2. The molecule has 7 nitrogen and oxygen atoms in total. The maximum Gasteiger partial charge on any atom is 0.253 e. The first-order valence-electron chi connectivity index (χ1n) is 13.8. The maximum absolute atomic E-state index is 14.1. The quantitative estimate of drug-likeness (QED) is 0.256. The highest BCUT2D eigenvalue weighted by Crippen LogP contribution is 2.24. The predicted octanol–water partition coefficient (Wildman–Crippen LogP) is 4.95. The summed E-state index contributed by atoms with van der Waals surface area (Å²) in [6.07, 6.45) is -1.61. The summed E-state index contributed by atoms with van der Waals surface area (Å²) in [4.78, 5) is 28.3. The van der Waals surface area contributed by atoms with Crippen LogP contribution in [0.15, 0.2) is 66.7 Å². The molecule has 0 saturated heterocycles. The van der Waals surface area contributed by atoms with E-state index in [1.807, 2.05) is 44.2 Å². The topological polar surface area (TPSA) is 99.1 Å². The van der Waals surface area contributed by atoms with Crippen LogP contribution in [0.4, 0.5) is 8.78 Å². The van der Waals surface area contributed by atoms with Crippen LogP contribution in [0.3, 0.4) is 0 Å². The van der Waals surface area contributed by atoms with Crippen LogP contribution in [0.5, 0.6) is 0 Å². The van der Waals surface area contributed by atoms with E-state index in [2.05, 4.69) is 5.32 Å². The van der Waals surface area contributed by atoms with E-state index >= 15 is 0 Å². The first kappa shape index (κ1) is 31.9. The van der Waals surface area contributed by atoms with Crippen LogP contribution in [-0.4, -0.2) is 58.8 Å². The third-order valence-electron chi connectivity index (χ3n) is 6.53. The zero-order valence-electron chi connectivity index (χ0n) is 23.6. The Morgan fingerprint density at radius 1 is 0.902 bits per heavy atom. The fourth-order valence-electron chi connectivity index (χ4n) is 4.61. The summed E-state index contributed by atoms with van der Waals surface area (Å²) in [5.74, 6) is -2.71. The van der Waals surface area contributed by atoms with Crippen LogP contribution < -0.4 is 5.32 Å². The van der Waals surface area contributed by atoms with Crippen molar-refractivity contribution in [3.05, 3.63) is 106 Å². The van der Waals surface area contributed by atoms with Gasteiger partial charge in [-0.3, -0.25) is 9.59 Å². The Balaban J connectivity index is 1.84. The lowest BCUT2D eigenvalue weighted by Gasteiger charge is -2.28. The third kappa shape index (κ3) is 9.18. The molecule has 0 aliphatic carbocycles. The highest BCUT2D eigenvalue weighted by Gasteiger charge is 2.31. The standard InChI is InChI=1S/C32H38F2N2O5/c1-4-11-36(12-5-2)32(40)25-14-21(3)13-24(15-25)31(39)35-29(23-16-26(33)18-27(34)17-23)30(38)28(37)20-41-19-22-9-7-6-8-10-22/h6-10,13-18,28-30,37-38H,4-5,11-12,19-20H2,1-3H3,(H,35,39)/t28?,29?,30-/m0/s1. The summed E-state index contributed by atoms with van der Waals surface area (Å²) in [5, 5.41) is 24.4. The van der Waals surface area contributed by atoms with E-state index in [1.165, 1.54) is 6.07 Å². The maximum atomic E-state index is 14.1. The summed E-state index contributed by atoms with van der Waals surface area (Å²) in [6, 6.07) is 15.2. The van der Waals surface area contributed by atoms with Crippen molar-refractivity contribution in [2.24, 2.45) is 0 Å². The number of ether oxygens (including phenoxy) is 1. The molecule has 0 radical (unpaired) electrons. The average molecular weight is 569 g/mol. The lowest BCUT2D eigenvalue weighted by atomic mass is 9.96. The van der Waals surface area contributed by atoms with Gasteiger partial charge in [0.15, 0.2) is 0 Å². The Morgan fingerprint density at radius 2 is 1.51 bits per heavy atom. The number of hydrogen-bond acceptors (Lipinski definition) is 5. The number of aliphatic hydroxyl groups is 2. The van der Waals surface area contributed by atoms with Crippen molar-refractivity contribution in [3.63, 3.8) is 0 Å². The Bertz CT molecular complexity index is 1280. The molecule has 0 aromatic heterocycles. The fourth-order valence-corrected chi connectivity index (χ4v) is 4.61. The van der Waals surface area contributed by atoms with Gasteiger partial charge in [-0.1, -0.05) is 44.2 Å². The monoisotopic (exact) mass is 568 g/mol. The number of nitrogens with zero attached hydrogens (tertiary/aromatic N) is 1. The minimum atomic E-state index is -1.67. The van der Waals surface area contributed by atoms with Gasteiger partial charge in [0.2, 0.25) is 0 Å². The SMILES string of the molecule is CCCN(CCC)C(=O)c1cc(C)cc(C(=O)NC(c2cc(F)cc(F)c2)[C@@H](O)C(O)COCc2ccccc2)c1. The number of nitrogens with one attached hydrogen (secondary N) is 1. The molecule has 220 valence electrons. The van der Waals surface area contributed by atoms with Gasteiger partial charge in [0.1, 0.15) is 23.8 Å². The van der Waals surface area contributed by atoms with Gasteiger partial charge in [-0.25, -0.2) is 8.78 Å². The first-order valence-corrected chi connectivity index (χ1v) is 13.8. The van der Waals surface area contributed by atoms with Crippen molar-refractivity contribution < 1.29 is 33.3 Å². The fraction of sp³-hybridized carbons (Fsp3) is 0.375. The van der Waals surface area contributed by atoms with Crippen molar-refractivity contribution in [2.45, 2.75) is 58.5 Å². The Labute approximate surface area is 239 Å². The van der Waals surface area contributed by atoms with E-state index in [0.717, 1.165) is 30.5 Å². The van der Waals surface area contributed by atoms with E-state index in [-0.39, 0.29) is 30.2 Å². The second-order valence-electron chi connectivity index (χ2n) is 10.1. The van der Waals surface area contributed by atoms with Gasteiger partial charge >= 0.3 is 0 Å². The number of carbonyl (C=O) groups excluding carboxylic acids is 2. The van der Waals surface area contributed by atoms with Crippen LogP contribution in [0.25, 0.3) is 0 Å². The molecule has 3 atom stereocenters. The van der Waals surface area contributed by atoms with Crippen LogP contribution in [0.1, 0.15) is 70.1 Å². The van der Waals surface area contributed by atoms with Crippen molar-refractivity contribution in [1.29, 1.82) is 0 Å². The third-order valence-corrected chi connectivity index (χ3v) is 6.53. The first-order chi connectivity index (χ1) is 19.6. The zero-order valence-corrected chi connectivity index (χ0v) is 23.6. The number of rotatable bonds is 14. The van der Waals surface area contributed by atoms with Gasteiger partial charge in [0.05, 0.1) is 19.3 Å². The van der Waals surface area contributed by atoms with Gasteiger partial charge in [0, 0.05) is 30.3 Å². The minimum Gasteiger partial charge on any atom is -0.388 e. The molecular weight excluding hydrogens is 530 g/mol. The molecule has 9 heteroatoms. The summed E-state index contributed by atoms with van der Waals surface area (Å²) in [7, 11) is 0. The minimum absolute atomic E-state index is 0.0773. The number of hydrogen-bond donors (Lipinski definition) is 3. The van der Waals surface area contributed by atoms with E-state index in [0.29, 0.717) is 30.3 Å². The van der Waals surface area contributed by atoms with Crippen LogP contribution in [0, 0.1) is 18.6 Å². The molecule has 3 N–H and O–H groups in total. The molecule has 0 spiro atoms. The smallest absolute Gasteiger partial charge is 0.253 e. The van der Waals surface area contributed by atoms with E-state index < -0.39 is 35.8 Å². The summed E-state index contributed by atoms with van der Waals surface area (Å²) in [5.41, 5.74) is 1.90. The van der Waals surface area contributed by atoms with Gasteiger partial charge in [-0.2, -0.15) is 0 Å². The molecule has 3 aromatic rings. The Morgan fingerprint density at radius 3 is 2.12 bits per heavy atom. The summed E-state index contributed by atoms with van der Waals surface area (Å²) >= 11 is 0. The molecule has 0 saturated carbocycles. The van der Waals surface area contributed by atoms with Crippen molar-refractivity contribution >= 4 is 11.8 Å². The number of amides is 2. The number of aryl methyl sites for hydroxylation is 1. The number of aliphatic hydroxyl groups excluding tert-OH is 2. The molecule has 0 heterocycles.